The molecule has 5 nitrogen and oxygen atoms in total. The van der Waals surface area contributed by atoms with E-state index in [-0.39, 0.29) is 74.1 Å². The summed E-state index contributed by atoms with van der Waals surface area (Å²) in [6, 6.07) is 9.45. The van der Waals surface area contributed by atoms with E-state index in [1.54, 1.807) is 4.68 Å². The molecule has 2 rings (SSSR count). The fourth-order valence-electron chi connectivity index (χ4n) is 1.98. The van der Waals surface area contributed by atoms with Gasteiger partial charge in [-0.05, 0) is 19.1 Å². The van der Waals surface area contributed by atoms with Gasteiger partial charge >= 0.3 is 0 Å². The molecule has 0 radical (unpaired) electrons. The summed E-state index contributed by atoms with van der Waals surface area (Å²) >= 11 is 0. The third-order valence-electron chi connectivity index (χ3n) is 3.16. The molecule has 0 spiro atoms. The minimum Gasteiger partial charge on any atom is -0.326 e. The summed E-state index contributed by atoms with van der Waals surface area (Å²) in [7, 11) is 1.85. The average molecular weight is 795 g/mol. The molecule has 0 bridgehead atoms. The normalized spacial score (nSPS) is 9.72. The van der Waals surface area contributed by atoms with Crippen LogP contribution in [-0.2, 0) is 11.8 Å². The van der Waals surface area contributed by atoms with Crippen molar-refractivity contribution in [2.75, 3.05) is 5.32 Å². The Bertz CT molecular complexity index is 574. The molecule has 0 saturated carbocycles. The number of anilines is 1. The molecule has 2 aromatic rings. The predicted molar refractivity (Wildman–Crippen MR) is 96.5 cm³/mol. The van der Waals surface area contributed by atoms with Gasteiger partial charge in [-0.15, -0.1) is 5.10 Å². The van der Waals surface area contributed by atoms with E-state index in [2.05, 4.69) is 15.6 Å². The van der Waals surface area contributed by atoms with Gasteiger partial charge in [0.2, 0.25) is 5.91 Å². The molecule has 0 aliphatic heterocycles. The molecular weight excluding hydrogens is 764 g/mol. The third-order valence-corrected chi connectivity index (χ3v) is 3.16. The van der Waals surface area contributed by atoms with Gasteiger partial charge in [0.25, 0.3) is 0 Å². The zero-order chi connectivity index (χ0) is 17.8. The van der Waals surface area contributed by atoms with Gasteiger partial charge in [-0.3, -0.25) is 9.48 Å². The molecule has 7 heteroatoms. The molecule has 0 fully saturated rings. The monoisotopic (exact) mass is 794 g/mol. The molecule has 1 amide bonds. The quantitative estimate of drug-likeness (QED) is 0.503. The van der Waals surface area contributed by atoms with E-state index in [0.29, 0.717) is 6.42 Å². The van der Waals surface area contributed by atoms with Crippen molar-refractivity contribution in [3.05, 3.63) is 41.7 Å². The summed E-state index contributed by atoms with van der Waals surface area (Å²) in [6.07, 6.45) is 0.397. The zero-order valence-corrected chi connectivity index (χ0v) is 24.7. The molecule has 1 aromatic carbocycles. The van der Waals surface area contributed by atoms with Crippen LogP contribution in [0.4, 0.5) is 5.69 Å². The van der Waals surface area contributed by atoms with E-state index < -0.39 is 0 Å². The van der Waals surface area contributed by atoms with Crippen LogP contribution in [0.25, 0.3) is 0 Å². The molecule has 0 aliphatic carbocycles. The number of carbonyl (C=O) groups excluding carboxylic acids is 1. The van der Waals surface area contributed by atoms with Crippen molar-refractivity contribution in [2.45, 2.75) is 53.9 Å². The van der Waals surface area contributed by atoms with Crippen LogP contribution in [-0.4, -0.2) is 20.9 Å². The Morgan fingerprint density at radius 1 is 1.12 bits per heavy atom. The first-order valence-corrected chi connectivity index (χ1v) is 8.29. The van der Waals surface area contributed by atoms with E-state index in [4.69, 9.17) is 0 Å². The first-order valence-electron chi connectivity index (χ1n) is 8.29. The molecule has 1 N–H and O–H groups in total. The topological polar surface area (TPSA) is 59.8 Å². The molecule has 25 heavy (non-hydrogen) atoms. The van der Waals surface area contributed by atoms with E-state index in [1.807, 2.05) is 78.9 Å². The zero-order valence-electron chi connectivity index (χ0n) is 16.4. The summed E-state index contributed by atoms with van der Waals surface area (Å²) < 4.78 is 1.72. The number of amides is 1. The Labute approximate surface area is 199 Å². The van der Waals surface area contributed by atoms with E-state index >= 15 is 0 Å². The fourth-order valence-corrected chi connectivity index (χ4v) is 1.98. The Morgan fingerprint density at radius 3 is 2.08 bits per heavy atom. The standard InChI is InChI=1S/C14H18N4O.2C2H6.2U/c1-10(14-11(2)18(3)17-16-14)9-13(19)15-12-7-5-4-6-8-12;2*1-2;;/h4-8,10H,9H2,1-3H3,(H,15,19);2*1-2H3;;/t10-;;;;/m1..../s1. The fraction of sp³-hybridized carbons (Fsp3) is 0.500. The number of para-hydroxylation sites is 1. The minimum atomic E-state index is -0.0104. The Kier molecular flexibility index (Phi) is 20.6. The van der Waals surface area contributed by atoms with Crippen molar-refractivity contribution in [1.29, 1.82) is 0 Å². The smallest absolute Gasteiger partial charge is 0.225 e. The van der Waals surface area contributed by atoms with Gasteiger partial charge in [-0.1, -0.05) is 58.0 Å². The number of benzene rings is 1. The number of carbonyl (C=O) groups is 1. The average Bonchev–Trinajstić information content (AvgIpc) is 2.91. The van der Waals surface area contributed by atoms with E-state index in [1.165, 1.54) is 0 Å². The Hall–Kier alpha value is -0.0661. The van der Waals surface area contributed by atoms with Crippen molar-refractivity contribution >= 4 is 11.6 Å². The van der Waals surface area contributed by atoms with Gasteiger partial charge in [0.1, 0.15) is 0 Å². The summed E-state index contributed by atoms with van der Waals surface area (Å²) in [5.41, 5.74) is 2.70. The number of aromatic nitrogens is 3. The van der Waals surface area contributed by atoms with Crippen molar-refractivity contribution in [3.8, 4) is 0 Å². The van der Waals surface area contributed by atoms with Gasteiger partial charge in [0, 0.05) is 87.3 Å². The molecular formula is C18H30N4OU2. The summed E-state index contributed by atoms with van der Waals surface area (Å²) in [5, 5.41) is 10.9. The van der Waals surface area contributed by atoms with Crippen LogP contribution in [0.5, 0.6) is 0 Å². The van der Waals surface area contributed by atoms with Crippen LogP contribution in [0.2, 0.25) is 0 Å². The SMILES string of the molecule is CC.CC.Cc1c([C@H](C)CC(=O)Nc2ccccc2)nnn1C.[U].[U]. The van der Waals surface area contributed by atoms with Crippen LogP contribution in [0.15, 0.2) is 30.3 Å². The van der Waals surface area contributed by atoms with Gasteiger partial charge in [0.15, 0.2) is 0 Å². The number of rotatable bonds is 4. The molecule has 1 aromatic heterocycles. The summed E-state index contributed by atoms with van der Waals surface area (Å²) in [4.78, 5) is 11.9. The molecule has 1 atom stereocenters. The molecule has 1 heterocycles. The van der Waals surface area contributed by atoms with Crippen LogP contribution < -0.4 is 5.32 Å². The maximum Gasteiger partial charge on any atom is 0.225 e. The first kappa shape index (κ1) is 29.7. The molecule has 136 valence electrons. The van der Waals surface area contributed by atoms with E-state index in [9.17, 15) is 4.79 Å². The minimum absolute atomic E-state index is 0. The predicted octanol–water partition coefficient (Wildman–Crippen LogP) is 4.31. The van der Waals surface area contributed by atoms with E-state index in [0.717, 1.165) is 17.1 Å². The van der Waals surface area contributed by atoms with Crippen LogP contribution in [0.1, 0.15) is 58.3 Å². The van der Waals surface area contributed by atoms with Gasteiger partial charge < -0.3 is 5.32 Å². The molecule has 0 aliphatic rings. The van der Waals surface area contributed by atoms with Gasteiger partial charge in [-0.25, -0.2) is 0 Å². The van der Waals surface area contributed by atoms with Crippen molar-refractivity contribution in [3.63, 3.8) is 0 Å². The van der Waals surface area contributed by atoms with Crippen molar-refractivity contribution in [1.82, 2.24) is 15.0 Å². The molecule has 0 unspecified atom stereocenters. The summed E-state index contributed by atoms with van der Waals surface area (Å²) in [6.45, 7) is 11.9. The van der Waals surface area contributed by atoms with Crippen molar-refractivity contribution < 1.29 is 67.0 Å². The largest absolute Gasteiger partial charge is 0.326 e. The third kappa shape index (κ3) is 10.6. The number of hydrogen-bond donors (Lipinski definition) is 1. The maximum atomic E-state index is 11.9. The van der Waals surface area contributed by atoms with Crippen molar-refractivity contribution in [2.24, 2.45) is 7.05 Å². The first-order chi connectivity index (χ1) is 11.1. The second kappa shape index (κ2) is 17.4. The van der Waals surface area contributed by atoms with Crippen LogP contribution in [0.3, 0.4) is 0 Å². The van der Waals surface area contributed by atoms with Gasteiger partial charge in [-0.2, -0.15) is 0 Å². The van der Waals surface area contributed by atoms with Crippen LogP contribution >= 0.6 is 0 Å². The Balaban J connectivity index is -0.000000752. The molecule has 0 saturated heterocycles. The number of hydrogen-bond acceptors (Lipinski definition) is 3. The number of nitrogens with one attached hydrogen (secondary N) is 1. The second-order valence-electron chi connectivity index (χ2n) is 4.70. The maximum absolute atomic E-state index is 11.9. The van der Waals surface area contributed by atoms with Crippen LogP contribution in [0, 0.1) is 69.2 Å². The second-order valence-corrected chi connectivity index (χ2v) is 4.70. The Morgan fingerprint density at radius 2 is 1.64 bits per heavy atom. The van der Waals surface area contributed by atoms with Gasteiger partial charge in [0.05, 0.1) is 11.4 Å². The summed E-state index contributed by atoms with van der Waals surface area (Å²) in [5.74, 6) is 0.0427. The number of aryl methyl sites for hydroxylation is 1. The number of nitrogens with zero attached hydrogens (tertiary/aromatic N) is 3.